The lowest BCUT2D eigenvalue weighted by Crippen LogP contribution is -2.64. The van der Waals surface area contributed by atoms with E-state index in [0.717, 1.165) is 35.1 Å². The van der Waals surface area contributed by atoms with E-state index in [2.05, 4.69) is 17.4 Å². The number of hydrogen-bond donors (Lipinski definition) is 2. The van der Waals surface area contributed by atoms with Gasteiger partial charge in [0.1, 0.15) is 18.2 Å². The van der Waals surface area contributed by atoms with E-state index in [-0.39, 0.29) is 31.6 Å². The number of methoxy groups -OCH3 is 1. The molecule has 0 aromatic heterocycles. The summed E-state index contributed by atoms with van der Waals surface area (Å²) in [6, 6.07) is 14.9. The molecule has 0 radical (unpaired) electrons. The molecule has 0 spiro atoms. The van der Waals surface area contributed by atoms with Gasteiger partial charge in [-0.3, -0.25) is 4.79 Å². The SMILES string of the molecule is CCC(COC)(NC(=O)OCC1c2ccccc2-c2ccccc21)C(=O)N(C1CC1)C(C)C(=O)O. The molecule has 8 nitrogen and oxygen atoms in total. The number of aliphatic carboxylic acids is 1. The van der Waals surface area contributed by atoms with Crippen molar-refractivity contribution in [3.63, 3.8) is 0 Å². The zero-order chi connectivity index (χ0) is 25.2. The number of fused-ring (bicyclic) bond motifs is 3. The van der Waals surface area contributed by atoms with E-state index in [1.807, 2.05) is 36.4 Å². The minimum atomic E-state index is -1.43. The summed E-state index contributed by atoms with van der Waals surface area (Å²) >= 11 is 0. The second-order valence-corrected chi connectivity index (χ2v) is 9.28. The molecule has 2 aliphatic carbocycles. The predicted octanol–water partition coefficient (Wildman–Crippen LogP) is 3.78. The van der Waals surface area contributed by atoms with E-state index >= 15 is 0 Å². The van der Waals surface area contributed by atoms with Crippen LogP contribution in [0, 0.1) is 0 Å². The number of nitrogens with zero attached hydrogens (tertiary/aromatic N) is 1. The molecule has 0 bridgehead atoms. The van der Waals surface area contributed by atoms with Crippen molar-refractivity contribution >= 4 is 18.0 Å². The van der Waals surface area contributed by atoms with E-state index in [4.69, 9.17) is 9.47 Å². The van der Waals surface area contributed by atoms with Crippen molar-refractivity contribution < 1.29 is 29.0 Å². The first-order valence-electron chi connectivity index (χ1n) is 12.0. The standard InChI is InChI=1S/C27H32N2O6/c1-4-27(16-34-3,25(32)29(18-13-14-18)17(2)24(30)31)28-26(33)35-15-23-21-11-7-5-9-19(21)20-10-6-8-12-22(20)23/h5-12,17-18,23H,4,13-16H2,1-3H3,(H,28,33)(H,30,31). The lowest BCUT2D eigenvalue weighted by atomic mass is 9.94. The number of carbonyl (C=O) groups excluding carboxylic acids is 2. The molecule has 0 saturated heterocycles. The van der Waals surface area contributed by atoms with Gasteiger partial charge in [-0.2, -0.15) is 0 Å². The fourth-order valence-corrected chi connectivity index (χ4v) is 4.95. The third-order valence-corrected chi connectivity index (χ3v) is 7.04. The topological polar surface area (TPSA) is 105 Å². The highest BCUT2D eigenvalue weighted by atomic mass is 16.5. The molecule has 4 rings (SSSR count). The molecule has 186 valence electrons. The molecule has 2 amide bonds. The highest BCUT2D eigenvalue weighted by Crippen LogP contribution is 2.44. The summed E-state index contributed by atoms with van der Waals surface area (Å²) in [5.41, 5.74) is 3.00. The first-order valence-corrected chi connectivity index (χ1v) is 12.0. The summed E-state index contributed by atoms with van der Waals surface area (Å²) < 4.78 is 11.0. The van der Waals surface area contributed by atoms with Crippen LogP contribution in [-0.2, 0) is 19.1 Å². The molecule has 2 aliphatic rings. The lowest BCUT2D eigenvalue weighted by Gasteiger charge is -2.38. The maximum Gasteiger partial charge on any atom is 0.408 e. The Morgan fingerprint density at radius 2 is 1.66 bits per heavy atom. The Labute approximate surface area is 205 Å². The first kappa shape index (κ1) is 24.7. The molecule has 1 saturated carbocycles. The summed E-state index contributed by atoms with van der Waals surface area (Å²) in [6.07, 6.45) is 0.958. The molecule has 35 heavy (non-hydrogen) atoms. The van der Waals surface area contributed by atoms with Crippen LogP contribution in [0.5, 0.6) is 0 Å². The number of alkyl carbamates (subject to hydrolysis) is 1. The zero-order valence-electron chi connectivity index (χ0n) is 20.3. The molecule has 0 heterocycles. The van der Waals surface area contributed by atoms with Gasteiger partial charge in [-0.05, 0) is 48.4 Å². The van der Waals surface area contributed by atoms with Crippen molar-refractivity contribution in [3.8, 4) is 11.1 Å². The van der Waals surface area contributed by atoms with Crippen LogP contribution in [0.3, 0.4) is 0 Å². The highest BCUT2D eigenvalue weighted by molar-refractivity contribution is 5.93. The van der Waals surface area contributed by atoms with Crippen LogP contribution in [-0.4, -0.2) is 65.9 Å². The van der Waals surface area contributed by atoms with Gasteiger partial charge in [0.15, 0.2) is 0 Å². The number of benzene rings is 2. The van der Waals surface area contributed by atoms with Gasteiger partial charge < -0.3 is 24.8 Å². The summed E-state index contributed by atoms with van der Waals surface area (Å²) in [5.74, 6) is -1.67. The maximum absolute atomic E-state index is 13.6. The van der Waals surface area contributed by atoms with Crippen molar-refractivity contribution in [3.05, 3.63) is 59.7 Å². The molecular formula is C27H32N2O6. The van der Waals surface area contributed by atoms with Gasteiger partial charge in [-0.1, -0.05) is 55.5 Å². The Hall–Kier alpha value is -3.39. The molecular weight excluding hydrogens is 448 g/mol. The average Bonchev–Trinajstić information content (AvgIpc) is 3.64. The van der Waals surface area contributed by atoms with Crippen LogP contribution in [0.1, 0.15) is 50.2 Å². The predicted molar refractivity (Wildman–Crippen MR) is 130 cm³/mol. The Bertz CT molecular complexity index is 1070. The van der Waals surface area contributed by atoms with Crippen LogP contribution in [0.25, 0.3) is 11.1 Å². The molecule has 2 unspecified atom stereocenters. The van der Waals surface area contributed by atoms with Crippen LogP contribution in [0.15, 0.2) is 48.5 Å². The number of carboxylic acid groups (broad SMARTS) is 1. The van der Waals surface area contributed by atoms with E-state index in [1.54, 1.807) is 6.92 Å². The van der Waals surface area contributed by atoms with E-state index < -0.39 is 29.6 Å². The molecule has 8 heteroatoms. The van der Waals surface area contributed by atoms with E-state index in [0.29, 0.717) is 0 Å². The van der Waals surface area contributed by atoms with Gasteiger partial charge >= 0.3 is 12.1 Å². The lowest BCUT2D eigenvalue weighted by molar-refractivity contribution is -0.154. The highest BCUT2D eigenvalue weighted by Gasteiger charge is 2.48. The van der Waals surface area contributed by atoms with Crippen molar-refractivity contribution in [2.45, 2.75) is 56.7 Å². The van der Waals surface area contributed by atoms with Gasteiger partial charge in [-0.15, -0.1) is 0 Å². The molecule has 2 aromatic rings. The number of carbonyl (C=O) groups is 3. The van der Waals surface area contributed by atoms with Gasteiger partial charge in [0.25, 0.3) is 5.91 Å². The van der Waals surface area contributed by atoms with Crippen molar-refractivity contribution in [2.75, 3.05) is 20.3 Å². The van der Waals surface area contributed by atoms with Crippen LogP contribution < -0.4 is 5.32 Å². The second kappa shape index (κ2) is 10.1. The summed E-state index contributed by atoms with van der Waals surface area (Å²) in [4.78, 5) is 39.7. The fraction of sp³-hybridized carbons (Fsp3) is 0.444. The Morgan fingerprint density at radius 1 is 1.09 bits per heavy atom. The zero-order valence-corrected chi connectivity index (χ0v) is 20.3. The normalized spacial score (nSPS) is 17.0. The monoisotopic (exact) mass is 480 g/mol. The number of ether oxygens (including phenoxy) is 2. The van der Waals surface area contributed by atoms with Gasteiger partial charge in [0.05, 0.1) is 6.61 Å². The minimum absolute atomic E-state index is 0.0952. The minimum Gasteiger partial charge on any atom is -0.480 e. The number of amides is 2. The van der Waals surface area contributed by atoms with Crippen LogP contribution in [0.4, 0.5) is 4.79 Å². The quantitative estimate of drug-likeness (QED) is 0.536. The molecule has 2 atom stereocenters. The van der Waals surface area contributed by atoms with Gasteiger partial charge in [0.2, 0.25) is 0 Å². The van der Waals surface area contributed by atoms with Crippen LogP contribution in [0.2, 0.25) is 0 Å². The average molecular weight is 481 g/mol. The third-order valence-electron chi connectivity index (χ3n) is 7.04. The molecule has 2 N–H and O–H groups in total. The Morgan fingerprint density at radius 3 is 2.14 bits per heavy atom. The number of nitrogens with one attached hydrogen (secondary N) is 1. The number of rotatable bonds is 10. The second-order valence-electron chi connectivity index (χ2n) is 9.28. The maximum atomic E-state index is 13.6. The van der Waals surface area contributed by atoms with Crippen molar-refractivity contribution in [2.24, 2.45) is 0 Å². The van der Waals surface area contributed by atoms with Gasteiger partial charge in [0, 0.05) is 19.1 Å². The first-order chi connectivity index (χ1) is 16.8. The third kappa shape index (κ3) is 4.75. The van der Waals surface area contributed by atoms with Crippen molar-refractivity contribution in [1.29, 1.82) is 0 Å². The largest absolute Gasteiger partial charge is 0.480 e. The van der Waals surface area contributed by atoms with E-state index in [1.165, 1.54) is 18.9 Å². The van der Waals surface area contributed by atoms with Crippen LogP contribution >= 0.6 is 0 Å². The fourth-order valence-electron chi connectivity index (χ4n) is 4.95. The summed E-state index contributed by atoms with van der Waals surface area (Å²) in [5, 5.41) is 12.3. The van der Waals surface area contributed by atoms with E-state index in [9.17, 15) is 19.5 Å². The van der Waals surface area contributed by atoms with Gasteiger partial charge in [-0.25, -0.2) is 9.59 Å². The Kier molecular flexibility index (Phi) is 7.12. The summed E-state index contributed by atoms with van der Waals surface area (Å²) in [6.45, 7) is 3.26. The van der Waals surface area contributed by atoms with Crippen molar-refractivity contribution in [1.82, 2.24) is 10.2 Å². The molecule has 0 aliphatic heterocycles. The smallest absolute Gasteiger partial charge is 0.408 e. The Balaban J connectivity index is 1.52. The molecule has 2 aromatic carbocycles. The number of carboxylic acids is 1. The number of hydrogen-bond acceptors (Lipinski definition) is 5. The molecule has 1 fully saturated rings. The summed E-state index contributed by atoms with van der Waals surface area (Å²) in [7, 11) is 1.44.